The molecule has 0 heterocycles. The summed E-state index contributed by atoms with van der Waals surface area (Å²) < 4.78 is 19.0. The highest BCUT2D eigenvalue weighted by Crippen LogP contribution is 2.32. The van der Waals surface area contributed by atoms with E-state index in [2.05, 4.69) is 0 Å². The predicted octanol–water partition coefficient (Wildman–Crippen LogP) is 5.66. The molecule has 18 heavy (non-hydrogen) atoms. The Labute approximate surface area is 119 Å². The van der Waals surface area contributed by atoms with Crippen molar-refractivity contribution in [2.75, 3.05) is 0 Å². The minimum absolute atomic E-state index is 0.0311. The van der Waals surface area contributed by atoms with Crippen molar-refractivity contribution >= 4 is 34.8 Å². The first-order chi connectivity index (χ1) is 8.61. The van der Waals surface area contributed by atoms with Gasteiger partial charge in [0.2, 0.25) is 0 Å². The molecule has 2 aromatic rings. The van der Waals surface area contributed by atoms with Crippen LogP contribution in [0.25, 0.3) is 0 Å². The molecule has 0 atom stereocenters. The van der Waals surface area contributed by atoms with Crippen molar-refractivity contribution in [1.82, 2.24) is 0 Å². The summed E-state index contributed by atoms with van der Waals surface area (Å²) in [6, 6.07) is 9.35. The zero-order chi connectivity index (χ0) is 13.1. The van der Waals surface area contributed by atoms with Crippen molar-refractivity contribution in [2.45, 2.75) is 5.88 Å². The van der Waals surface area contributed by atoms with Crippen LogP contribution in [0.1, 0.15) is 5.56 Å². The largest absolute Gasteiger partial charge is 0.457 e. The maximum atomic E-state index is 13.5. The number of benzene rings is 2. The summed E-state index contributed by atoms with van der Waals surface area (Å²) in [6.07, 6.45) is 0. The molecule has 0 saturated heterocycles. The lowest BCUT2D eigenvalue weighted by Gasteiger charge is -2.10. The van der Waals surface area contributed by atoms with Crippen LogP contribution in [0.15, 0.2) is 36.4 Å². The fourth-order valence-electron chi connectivity index (χ4n) is 1.43. The van der Waals surface area contributed by atoms with Gasteiger partial charge in [-0.3, -0.25) is 0 Å². The van der Waals surface area contributed by atoms with Crippen LogP contribution >= 0.6 is 34.8 Å². The summed E-state index contributed by atoms with van der Waals surface area (Å²) in [7, 11) is 0. The third-order valence-corrected chi connectivity index (χ3v) is 3.33. The fourth-order valence-corrected chi connectivity index (χ4v) is 1.98. The molecule has 0 N–H and O–H groups in total. The topological polar surface area (TPSA) is 9.23 Å². The molecule has 94 valence electrons. The quantitative estimate of drug-likeness (QED) is 0.664. The summed E-state index contributed by atoms with van der Waals surface area (Å²) in [6.45, 7) is 0. The van der Waals surface area contributed by atoms with E-state index in [4.69, 9.17) is 39.5 Å². The Balaban J connectivity index is 2.34. The molecule has 5 heteroatoms. The first-order valence-corrected chi connectivity index (χ1v) is 6.37. The Kier molecular flexibility index (Phi) is 4.33. The van der Waals surface area contributed by atoms with E-state index < -0.39 is 5.82 Å². The van der Waals surface area contributed by atoms with E-state index in [9.17, 15) is 4.39 Å². The van der Waals surface area contributed by atoms with Crippen LogP contribution in [0.5, 0.6) is 11.5 Å². The van der Waals surface area contributed by atoms with Crippen LogP contribution in [-0.4, -0.2) is 0 Å². The molecule has 2 rings (SSSR count). The Bertz CT molecular complexity index is 572. The fraction of sp³-hybridized carbons (Fsp3) is 0.0769. The van der Waals surface area contributed by atoms with E-state index >= 15 is 0 Å². The number of halogens is 4. The van der Waals surface area contributed by atoms with Gasteiger partial charge in [-0.25, -0.2) is 4.39 Å². The second-order valence-electron chi connectivity index (χ2n) is 3.53. The van der Waals surface area contributed by atoms with Crippen molar-refractivity contribution in [1.29, 1.82) is 0 Å². The third-order valence-electron chi connectivity index (χ3n) is 2.33. The Morgan fingerprint density at radius 1 is 1.06 bits per heavy atom. The molecule has 1 nitrogen and oxygen atoms in total. The van der Waals surface area contributed by atoms with Gasteiger partial charge in [0.25, 0.3) is 0 Å². The molecule has 0 unspecified atom stereocenters. The normalized spacial score (nSPS) is 10.4. The van der Waals surface area contributed by atoms with E-state index in [1.165, 1.54) is 6.07 Å². The van der Waals surface area contributed by atoms with Crippen LogP contribution in [0.3, 0.4) is 0 Å². The molecule has 0 radical (unpaired) electrons. The summed E-state index contributed by atoms with van der Waals surface area (Å²) in [5.74, 6) is 0.468. The molecule has 0 spiro atoms. The van der Waals surface area contributed by atoms with E-state index in [1.54, 1.807) is 30.3 Å². The molecule has 0 aliphatic carbocycles. The van der Waals surface area contributed by atoms with E-state index in [0.29, 0.717) is 27.1 Å². The zero-order valence-corrected chi connectivity index (χ0v) is 11.4. The molecule has 2 aromatic carbocycles. The highest BCUT2D eigenvalue weighted by molar-refractivity contribution is 6.42. The van der Waals surface area contributed by atoms with E-state index in [0.717, 1.165) is 0 Å². The van der Waals surface area contributed by atoms with Gasteiger partial charge in [-0.15, -0.1) is 11.6 Å². The number of ether oxygens (including phenoxy) is 1. The highest BCUT2D eigenvalue weighted by atomic mass is 35.5. The lowest BCUT2D eigenvalue weighted by Crippen LogP contribution is -1.93. The number of rotatable bonds is 3. The summed E-state index contributed by atoms with van der Waals surface area (Å²) in [4.78, 5) is 0. The maximum absolute atomic E-state index is 13.5. The van der Waals surface area contributed by atoms with E-state index in [1.807, 2.05) is 0 Å². The van der Waals surface area contributed by atoms with Gasteiger partial charge in [0.15, 0.2) is 0 Å². The van der Waals surface area contributed by atoms with Crippen LogP contribution in [0.4, 0.5) is 4.39 Å². The van der Waals surface area contributed by atoms with Gasteiger partial charge >= 0.3 is 0 Å². The molecular weight excluding hydrogens is 297 g/mol. The SMILES string of the molecule is Fc1cccc(Oc2ccc(Cl)c(Cl)c2)c1CCl. The van der Waals surface area contributed by atoms with Crippen LogP contribution in [-0.2, 0) is 5.88 Å². The lowest BCUT2D eigenvalue weighted by molar-refractivity contribution is 0.470. The first-order valence-electron chi connectivity index (χ1n) is 5.08. The lowest BCUT2D eigenvalue weighted by atomic mass is 10.2. The van der Waals surface area contributed by atoms with Gasteiger partial charge in [0, 0.05) is 11.6 Å². The van der Waals surface area contributed by atoms with Crippen LogP contribution < -0.4 is 4.74 Å². The van der Waals surface area contributed by atoms with E-state index in [-0.39, 0.29) is 5.88 Å². The summed E-state index contributed by atoms with van der Waals surface area (Å²) >= 11 is 17.4. The van der Waals surface area contributed by atoms with Crippen LogP contribution in [0.2, 0.25) is 10.0 Å². The maximum Gasteiger partial charge on any atom is 0.134 e. The van der Waals surface area contributed by atoms with Crippen LogP contribution in [0, 0.1) is 5.82 Å². The van der Waals surface area contributed by atoms with Gasteiger partial charge < -0.3 is 4.74 Å². The average Bonchev–Trinajstić information content (AvgIpc) is 2.34. The molecule has 0 amide bonds. The summed E-state index contributed by atoms with van der Waals surface area (Å²) in [5.41, 5.74) is 0.310. The minimum atomic E-state index is -0.400. The molecule has 0 aliphatic heterocycles. The number of alkyl halides is 1. The first kappa shape index (κ1) is 13.5. The van der Waals surface area contributed by atoms with Crippen molar-refractivity contribution in [3.63, 3.8) is 0 Å². The zero-order valence-electron chi connectivity index (χ0n) is 9.09. The monoisotopic (exact) mass is 304 g/mol. The standard InChI is InChI=1S/C13H8Cl3FO/c14-7-9-12(17)2-1-3-13(9)18-8-4-5-10(15)11(16)6-8/h1-6H,7H2. The molecule has 0 bridgehead atoms. The second kappa shape index (κ2) is 5.79. The Morgan fingerprint density at radius 2 is 1.83 bits per heavy atom. The van der Waals surface area contributed by atoms with Gasteiger partial charge in [-0.05, 0) is 24.3 Å². The number of hydrogen-bond donors (Lipinski definition) is 0. The van der Waals surface area contributed by atoms with Gasteiger partial charge in [-0.2, -0.15) is 0 Å². The minimum Gasteiger partial charge on any atom is -0.457 e. The highest BCUT2D eigenvalue weighted by Gasteiger charge is 2.10. The Hall–Kier alpha value is -0.960. The molecule has 0 aromatic heterocycles. The van der Waals surface area contributed by atoms with Crippen molar-refractivity contribution in [3.05, 3.63) is 57.8 Å². The molecule has 0 saturated carbocycles. The van der Waals surface area contributed by atoms with Gasteiger partial charge in [0.1, 0.15) is 17.3 Å². The smallest absolute Gasteiger partial charge is 0.134 e. The Morgan fingerprint density at radius 3 is 2.50 bits per heavy atom. The summed E-state index contributed by atoms with van der Waals surface area (Å²) in [5, 5.41) is 0.804. The van der Waals surface area contributed by atoms with Crippen molar-refractivity contribution in [2.24, 2.45) is 0 Å². The molecule has 0 fully saturated rings. The number of hydrogen-bond acceptors (Lipinski definition) is 1. The van der Waals surface area contributed by atoms with Gasteiger partial charge in [-0.1, -0.05) is 29.3 Å². The van der Waals surface area contributed by atoms with Crippen molar-refractivity contribution < 1.29 is 9.13 Å². The molecular formula is C13H8Cl3FO. The third kappa shape index (κ3) is 2.89. The average molecular weight is 306 g/mol. The second-order valence-corrected chi connectivity index (χ2v) is 4.61. The predicted molar refractivity (Wildman–Crippen MR) is 72.5 cm³/mol. The molecule has 0 aliphatic rings. The van der Waals surface area contributed by atoms with Crippen molar-refractivity contribution in [3.8, 4) is 11.5 Å². The van der Waals surface area contributed by atoms with Gasteiger partial charge in [0.05, 0.1) is 15.9 Å².